The van der Waals surface area contributed by atoms with E-state index in [9.17, 15) is 4.79 Å². The lowest BCUT2D eigenvalue weighted by atomic mass is 9.78. The van der Waals surface area contributed by atoms with Gasteiger partial charge in [-0.2, -0.15) is 0 Å². The summed E-state index contributed by atoms with van der Waals surface area (Å²) in [5.41, 5.74) is 14.7. The van der Waals surface area contributed by atoms with Gasteiger partial charge in [0.2, 0.25) is 0 Å². The summed E-state index contributed by atoms with van der Waals surface area (Å²) in [4.78, 5) is 31.6. The van der Waals surface area contributed by atoms with E-state index in [0.717, 1.165) is 119 Å². The Labute approximate surface area is 505 Å². The monoisotopic (exact) mass is 1190 g/mol. The van der Waals surface area contributed by atoms with Gasteiger partial charge in [-0.05, 0) is 161 Å². The van der Waals surface area contributed by atoms with Gasteiger partial charge in [-0.3, -0.25) is 9.13 Å². The molecule has 2 aliphatic carbocycles. The molecule has 13 nitrogen and oxygen atoms in total. The maximum atomic E-state index is 12.1. The number of imidazole rings is 2. The molecule has 1 saturated heterocycles. The summed E-state index contributed by atoms with van der Waals surface area (Å²) in [6.45, 7) is 16.1. The summed E-state index contributed by atoms with van der Waals surface area (Å²) in [7, 11) is -0.372. The minimum Gasteiger partial charge on any atom is -0.444 e. The first-order valence-corrected chi connectivity index (χ1v) is 29.9. The van der Waals surface area contributed by atoms with Gasteiger partial charge in [0, 0.05) is 40.2 Å². The Morgan fingerprint density at radius 3 is 1.58 bits per heavy atom. The van der Waals surface area contributed by atoms with Crippen LogP contribution < -0.4 is 21.4 Å². The Bertz CT molecular complexity index is 4120. The van der Waals surface area contributed by atoms with Gasteiger partial charge in [0.25, 0.3) is 0 Å². The first-order valence-electron chi connectivity index (χ1n) is 29.1. The molecule has 10 aromatic rings. The topological polar surface area (TPSA) is 142 Å². The molecular weight excluding hydrogens is 1120 g/mol. The standard InChI is InChI=1S/C30H24N4.C20H30BNO4.C20H13BrN4/c1-30(17-18-30)22-15-13-21(14-16-22)27-26(20-8-3-2-4-9-20)33-29-23-10-5-6-11-24(23)32-28-25(34(27)29)12-7-19-31-28;1-17(2,3)24-16(23)22-20(12-13-20)14-8-10-15(11-9-14)21-25-18(4,5)19(6,7)26-21;21-18-17(13-7-2-1-3-8-13)24-20-14-9-4-5-10-15(14)23-19-16(25(18)20)11-6-12-22-19/h2-16,19H,17-18H2,1H3,(H,31,32);8-11H,12-13H2,1-7H3,(H,22,23);1-12H,(H,22,23). The van der Waals surface area contributed by atoms with Crippen LogP contribution in [0.3, 0.4) is 0 Å². The van der Waals surface area contributed by atoms with Gasteiger partial charge in [-0.25, -0.2) is 24.7 Å². The van der Waals surface area contributed by atoms with Crippen LogP contribution in [0.5, 0.6) is 0 Å². The van der Waals surface area contributed by atoms with Crippen molar-refractivity contribution >= 4 is 57.6 Å². The van der Waals surface area contributed by atoms with E-state index < -0.39 is 5.60 Å². The molecule has 15 rings (SSSR count). The number of carbonyl (C=O) groups is 1. The molecule has 4 aromatic heterocycles. The number of ether oxygens (including phenoxy) is 1. The normalized spacial score (nSPS) is 16.4. The van der Waals surface area contributed by atoms with Gasteiger partial charge >= 0.3 is 13.2 Å². The first-order chi connectivity index (χ1) is 40.9. The number of aromatic nitrogens is 6. The van der Waals surface area contributed by atoms with E-state index in [1.807, 2.05) is 146 Å². The van der Waals surface area contributed by atoms with E-state index in [-0.39, 0.29) is 30.0 Å². The van der Waals surface area contributed by atoms with Gasteiger partial charge in [0.15, 0.2) is 11.6 Å². The molecule has 15 heteroatoms. The van der Waals surface area contributed by atoms with Crippen molar-refractivity contribution in [3.8, 4) is 67.9 Å². The third kappa shape index (κ3) is 10.7. The maximum Gasteiger partial charge on any atom is 0.494 e. The van der Waals surface area contributed by atoms with Crippen LogP contribution in [0, 0.1) is 0 Å². The van der Waals surface area contributed by atoms with Crippen LogP contribution in [0.4, 0.5) is 27.8 Å². The number of benzene rings is 6. The van der Waals surface area contributed by atoms with Crippen LogP contribution in [-0.2, 0) is 25.0 Å². The molecule has 3 aliphatic heterocycles. The zero-order valence-corrected chi connectivity index (χ0v) is 50.7. The number of pyridine rings is 2. The number of amides is 1. The van der Waals surface area contributed by atoms with Gasteiger partial charge in [-0.15, -0.1) is 0 Å². The second-order valence-corrected chi connectivity index (χ2v) is 25.5. The lowest BCUT2D eigenvalue weighted by molar-refractivity contribution is 0.00578. The smallest absolute Gasteiger partial charge is 0.444 e. The number of nitrogens with one attached hydrogen (secondary N) is 3. The molecule has 3 fully saturated rings. The van der Waals surface area contributed by atoms with Crippen molar-refractivity contribution in [2.75, 3.05) is 10.6 Å². The zero-order valence-electron chi connectivity index (χ0n) is 49.1. The van der Waals surface area contributed by atoms with E-state index in [1.165, 1.54) is 18.4 Å². The molecule has 7 heterocycles. The van der Waals surface area contributed by atoms with Gasteiger partial charge in [-0.1, -0.05) is 140 Å². The molecule has 2 saturated carbocycles. The summed E-state index contributed by atoms with van der Waals surface area (Å²) < 4.78 is 22.9. The fraction of sp³-hybridized carbons (Fsp3) is 0.243. The molecule has 0 bridgehead atoms. The highest BCUT2D eigenvalue weighted by Crippen LogP contribution is 2.50. The SMILES string of the molecule is Brc1c(-c2ccccc2)nc2n1-c1cccnc1Nc1ccccc1-2.CC(C)(C)OC(=O)NC1(c2ccc(B3OC(C)(C)C(C)(C)O3)cc2)CC1.CC1(c2ccc(-c3c(-c4ccccc4)nc4n3-c3cccnc3Nc3ccccc3-4)cc2)CC1. The van der Waals surface area contributed by atoms with E-state index in [2.05, 4.69) is 149 Å². The van der Waals surface area contributed by atoms with Crippen LogP contribution >= 0.6 is 15.9 Å². The van der Waals surface area contributed by atoms with Crippen molar-refractivity contribution in [1.29, 1.82) is 0 Å². The van der Waals surface area contributed by atoms with Gasteiger partial charge < -0.3 is 30.0 Å². The van der Waals surface area contributed by atoms with E-state index >= 15 is 0 Å². The van der Waals surface area contributed by atoms with Crippen LogP contribution in [0.2, 0.25) is 0 Å². The van der Waals surface area contributed by atoms with Crippen molar-refractivity contribution < 1.29 is 18.8 Å². The number of hydrogen-bond donors (Lipinski definition) is 3. The number of alkyl carbamates (subject to hydrolysis) is 1. The Morgan fingerprint density at radius 1 is 0.565 bits per heavy atom. The third-order valence-electron chi connectivity index (χ3n) is 17.0. The quantitative estimate of drug-likeness (QED) is 0.132. The Hall–Kier alpha value is -8.63. The molecule has 5 aliphatic rings. The fourth-order valence-electron chi connectivity index (χ4n) is 11.2. The van der Waals surface area contributed by atoms with Crippen molar-refractivity contribution in [2.45, 2.75) is 109 Å². The van der Waals surface area contributed by atoms with Crippen LogP contribution in [-0.4, -0.2) is 59.1 Å². The molecule has 0 unspecified atom stereocenters. The predicted octanol–water partition coefficient (Wildman–Crippen LogP) is 16.3. The number of halogens is 1. The van der Waals surface area contributed by atoms with Crippen molar-refractivity contribution in [2.24, 2.45) is 0 Å². The second kappa shape index (κ2) is 21.5. The third-order valence-corrected chi connectivity index (χ3v) is 17.8. The number of para-hydroxylation sites is 2. The molecule has 426 valence electrons. The van der Waals surface area contributed by atoms with Gasteiger partial charge in [0.05, 0.1) is 50.9 Å². The van der Waals surface area contributed by atoms with E-state index in [4.69, 9.17) is 24.0 Å². The second-order valence-electron chi connectivity index (χ2n) is 24.8. The summed E-state index contributed by atoms with van der Waals surface area (Å²) in [5, 5.41) is 10.0. The van der Waals surface area contributed by atoms with Crippen molar-refractivity contribution in [3.63, 3.8) is 0 Å². The first kappa shape index (κ1) is 55.6. The maximum absolute atomic E-state index is 12.1. The Kier molecular flexibility index (Phi) is 14.0. The highest BCUT2D eigenvalue weighted by Gasteiger charge is 2.52. The van der Waals surface area contributed by atoms with Crippen molar-refractivity contribution in [3.05, 3.63) is 210 Å². The van der Waals surface area contributed by atoms with E-state index in [1.54, 1.807) is 6.20 Å². The number of anilines is 4. The number of fused-ring (bicyclic) bond motifs is 10. The summed E-state index contributed by atoms with van der Waals surface area (Å²) in [6.07, 6.45) is 7.63. The highest BCUT2D eigenvalue weighted by molar-refractivity contribution is 9.10. The van der Waals surface area contributed by atoms with Crippen LogP contribution in [0.25, 0.3) is 67.9 Å². The average Bonchev–Trinajstić information content (AvgIpc) is 2.24. The molecule has 6 aromatic carbocycles. The average molecular weight is 1190 g/mol. The Balaban J connectivity index is 0.000000121. The molecule has 0 radical (unpaired) electrons. The molecular formula is C70H67BBrN9O4. The van der Waals surface area contributed by atoms with Crippen molar-refractivity contribution in [1.82, 2.24) is 34.4 Å². The van der Waals surface area contributed by atoms with Crippen LogP contribution in [0.15, 0.2) is 199 Å². The molecule has 0 spiro atoms. The van der Waals surface area contributed by atoms with Crippen LogP contribution in [0.1, 0.15) is 92.2 Å². The highest BCUT2D eigenvalue weighted by atomic mass is 79.9. The predicted molar refractivity (Wildman–Crippen MR) is 343 cm³/mol. The van der Waals surface area contributed by atoms with Gasteiger partial charge in [0.1, 0.15) is 27.5 Å². The Morgan fingerprint density at radius 2 is 1.05 bits per heavy atom. The number of nitrogens with zero attached hydrogens (tertiary/aromatic N) is 6. The zero-order chi connectivity index (χ0) is 58.9. The minimum absolute atomic E-state index is 0.309. The summed E-state index contributed by atoms with van der Waals surface area (Å²) >= 11 is 3.78. The number of hydrogen-bond acceptors (Lipinski definition) is 10. The number of rotatable bonds is 7. The fourth-order valence-corrected chi connectivity index (χ4v) is 11.9. The molecule has 0 atom stereocenters. The molecule has 1 amide bonds. The lowest BCUT2D eigenvalue weighted by Gasteiger charge is -2.32. The molecule has 85 heavy (non-hydrogen) atoms. The lowest BCUT2D eigenvalue weighted by Crippen LogP contribution is -2.41. The largest absolute Gasteiger partial charge is 0.494 e. The van der Waals surface area contributed by atoms with E-state index in [0.29, 0.717) is 5.41 Å². The summed E-state index contributed by atoms with van der Waals surface area (Å²) in [6, 6.07) is 62.5. The number of carbonyl (C=O) groups excluding carboxylic acids is 1. The summed E-state index contributed by atoms with van der Waals surface area (Å²) in [5.74, 6) is 3.45. The molecule has 3 N–H and O–H groups in total. The minimum atomic E-state index is -0.499.